The van der Waals surface area contributed by atoms with Crippen molar-refractivity contribution in [2.24, 2.45) is 4.99 Å². The Labute approximate surface area is 203 Å². The summed E-state index contributed by atoms with van der Waals surface area (Å²) in [5.74, 6) is 2.37. The van der Waals surface area contributed by atoms with Crippen LogP contribution in [0.25, 0.3) is 10.1 Å². The molecule has 1 aromatic heterocycles. The summed E-state index contributed by atoms with van der Waals surface area (Å²) in [6, 6.07) is 14.3. The number of ether oxygens (including phenoxy) is 2. The number of hydrogen-bond donors (Lipinski definition) is 3. The number of aliphatic hydroxyl groups excluding tert-OH is 1. The molecule has 8 heteroatoms. The first kappa shape index (κ1) is 23.6. The van der Waals surface area contributed by atoms with Gasteiger partial charge in [-0.25, -0.2) is 0 Å². The van der Waals surface area contributed by atoms with Crippen LogP contribution < -0.4 is 20.1 Å². The van der Waals surface area contributed by atoms with E-state index in [4.69, 9.17) is 9.47 Å². The average molecular weight is 553 g/mol. The highest BCUT2D eigenvalue weighted by molar-refractivity contribution is 14.0. The van der Waals surface area contributed by atoms with Crippen molar-refractivity contribution in [2.75, 3.05) is 20.7 Å². The number of methoxy groups -OCH3 is 1. The van der Waals surface area contributed by atoms with Crippen molar-refractivity contribution in [1.29, 1.82) is 0 Å². The van der Waals surface area contributed by atoms with E-state index in [-0.39, 0.29) is 30.1 Å². The number of thiophene rings is 1. The smallest absolute Gasteiger partial charge is 0.191 e. The number of nitrogens with one attached hydrogen (secondary N) is 2. The molecule has 0 saturated heterocycles. The average Bonchev–Trinajstić information content (AvgIpc) is 3.35. The molecule has 2 heterocycles. The van der Waals surface area contributed by atoms with Crippen LogP contribution in [0.15, 0.2) is 47.5 Å². The molecule has 2 aromatic carbocycles. The van der Waals surface area contributed by atoms with Crippen LogP contribution in [0, 0.1) is 0 Å². The van der Waals surface area contributed by atoms with E-state index in [0.717, 1.165) is 33.7 Å². The van der Waals surface area contributed by atoms with Crippen LogP contribution in [0.3, 0.4) is 0 Å². The number of aliphatic imine (C=N–C) groups is 1. The van der Waals surface area contributed by atoms with Gasteiger partial charge >= 0.3 is 0 Å². The summed E-state index contributed by atoms with van der Waals surface area (Å²) in [5, 5.41) is 18.2. The van der Waals surface area contributed by atoms with Crippen molar-refractivity contribution in [2.45, 2.75) is 32.1 Å². The van der Waals surface area contributed by atoms with Crippen LogP contribution in [-0.4, -0.2) is 37.9 Å². The first-order chi connectivity index (χ1) is 14.6. The fourth-order valence-corrected chi connectivity index (χ4v) is 4.72. The van der Waals surface area contributed by atoms with E-state index in [1.807, 2.05) is 24.3 Å². The van der Waals surface area contributed by atoms with E-state index in [1.165, 1.54) is 10.3 Å². The number of rotatable bonds is 6. The van der Waals surface area contributed by atoms with Crippen LogP contribution in [0.2, 0.25) is 0 Å². The third kappa shape index (κ3) is 5.42. The highest BCUT2D eigenvalue weighted by atomic mass is 127. The number of hydrogen-bond acceptors (Lipinski definition) is 5. The van der Waals surface area contributed by atoms with Crippen molar-refractivity contribution in [3.8, 4) is 11.5 Å². The number of fused-ring (bicyclic) bond motifs is 2. The van der Waals surface area contributed by atoms with Crippen LogP contribution in [0.4, 0.5) is 0 Å². The lowest BCUT2D eigenvalue weighted by atomic mass is 10.1. The molecule has 2 unspecified atom stereocenters. The Hall–Kier alpha value is -2.04. The zero-order valence-corrected chi connectivity index (χ0v) is 21.0. The maximum atomic E-state index is 10.6. The van der Waals surface area contributed by atoms with Gasteiger partial charge < -0.3 is 25.2 Å². The van der Waals surface area contributed by atoms with E-state index in [2.05, 4.69) is 40.7 Å². The molecule has 3 N–H and O–H groups in total. The lowest BCUT2D eigenvalue weighted by Gasteiger charge is -2.16. The third-order valence-corrected chi connectivity index (χ3v) is 6.42. The summed E-state index contributed by atoms with van der Waals surface area (Å²) in [4.78, 5) is 5.20. The van der Waals surface area contributed by atoms with Gasteiger partial charge in [-0.15, -0.1) is 35.3 Å². The van der Waals surface area contributed by atoms with Gasteiger partial charge in [0.1, 0.15) is 23.7 Å². The van der Waals surface area contributed by atoms with E-state index in [1.54, 1.807) is 25.5 Å². The quantitative estimate of drug-likeness (QED) is 0.242. The van der Waals surface area contributed by atoms with Gasteiger partial charge in [-0.05, 0) is 36.6 Å². The summed E-state index contributed by atoms with van der Waals surface area (Å²) in [6.45, 7) is 2.97. The molecule has 2 atom stereocenters. The Kier molecular flexibility index (Phi) is 8.01. The Balaban J connectivity index is 0.00000272. The monoisotopic (exact) mass is 553 g/mol. The van der Waals surface area contributed by atoms with Crippen LogP contribution >= 0.6 is 35.3 Å². The molecule has 0 fully saturated rings. The minimum atomic E-state index is -0.606. The predicted molar refractivity (Wildman–Crippen MR) is 137 cm³/mol. The molecule has 166 valence electrons. The molecule has 1 aliphatic heterocycles. The largest absolute Gasteiger partial charge is 0.496 e. The number of nitrogens with zero attached hydrogens (tertiary/aromatic N) is 1. The van der Waals surface area contributed by atoms with Gasteiger partial charge in [-0.3, -0.25) is 4.99 Å². The molecule has 0 aliphatic carbocycles. The van der Waals surface area contributed by atoms with E-state index < -0.39 is 6.10 Å². The van der Waals surface area contributed by atoms with Gasteiger partial charge in [0.05, 0.1) is 7.11 Å². The zero-order valence-electron chi connectivity index (χ0n) is 17.8. The van der Waals surface area contributed by atoms with Crippen LogP contribution in [0.5, 0.6) is 11.5 Å². The van der Waals surface area contributed by atoms with Gasteiger partial charge in [0.2, 0.25) is 0 Å². The summed E-state index contributed by atoms with van der Waals surface area (Å²) in [6.07, 6.45) is 0.487. The SMILES string of the molecule is CN=C(NCc1cc2c(cc1OC)CC(C)O2)NCC(O)c1cc2ccccc2s1.I. The topological polar surface area (TPSA) is 75.1 Å². The summed E-state index contributed by atoms with van der Waals surface area (Å²) in [5.41, 5.74) is 2.18. The van der Waals surface area contributed by atoms with Gasteiger partial charge in [0.25, 0.3) is 0 Å². The molecule has 0 amide bonds. The second-order valence-corrected chi connectivity index (χ2v) is 8.53. The molecule has 4 rings (SSSR count). The van der Waals surface area contributed by atoms with Crippen molar-refractivity contribution in [1.82, 2.24) is 10.6 Å². The fraction of sp³-hybridized carbons (Fsp3) is 0.348. The number of guanidine groups is 1. The van der Waals surface area contributed by atoms with E-state index in [9.17, 15) is 5.11 Å². The van der Waals surface area contributed by atoms with Gasteiger partial charge in [-0.1, -0.05) is 18.2 Å². The second kappa shape index (κ2) is 10.5. The van der Waals surface area contributed by atoms with Crippen molar-refractivity contribution >= 4 is 51.4 Å². The first-order valence-electron chi connectivity index (χ1n) is 10.0. The number of benzene rings is 2. The van der Waals surface area contributed by atoms with Crippen LogP contribution in [0.1, 0.15) is 29.0 Å². The maximum absolute atomic E-state index is 10.6. The molecule has 0 spiro atoms. The second-order valence-electron chi connectivity index (χ2n) is 7.41. The molecule has 3 aromatic rings. The fourth-order valence-electron chi connectivity index (χ4n) is 3.67. The molecular weight excluding hydrogens is 525 g/mol. The molecule has 0 bridgehead atoms. The lowest BCUT2D eigenvalue weighted by molar-refractivity contribution is 0.184. The molecule has 0 radical (unpaired) electrons. The lowest BCUT2D eigenvalue weighted by Crippen LogP contribution is -2.38. The predicted octanol–water partition coefficient (Wildman–Crippen LogP) is 4.25. The molecular formula is C23H28IN3O3S. The third-order valence-electron chi connectivity index (χ3n) is 5.20. The Morgan fingerprint density at radius 2 is 2.10 bits per heavy atom. The minimum absolute atomic E-state index is 0. The summed E-state index contributed by atoms with van der Waals surface area (Å²) in [7, 11) is 3.39. The number of aliphatic hydroxyl groups is 1. The molecule has 1 aliphatic rings. The van der Waals surface area contributed by atoms with Gasteiger partial charge in [-0.2, -0.15) is 0 Å². The van der Waals surface area contributed by atoms with Gasteiger partial charge in [0.15, 0.2) is 5.96 Å². The first-order valence-corrected chi connectivity index (χ1v) is 10.9. The van der Waals surface area contributed by atoms with Crippen molar-refractivity contribution in [3.63, 3.8) is 0 Å². The standard InChI is InChI=1S/C23H27N3O3S.HI/c1-14-8-16-9-19(28-3)17(10-20(16)29-14)12-25-23(24-2)26-13-18(27)22-11-15-6-4-5-7-21(15)30-22;/h4-7,9-11,14,18,27H,8,12-13H2,1-3H3,(H2,24,25,26);1H. The van der Waals surface area contributed by atoms with Crippen LogP contribution in [-0.2, 0) is 13.0 Å². The molecule has 31 heavy (non-hydrogen) atoms. The highest BCUT2D eigenvalue weighted by Gasteiger charge is 2.21. The Bertz CT molecular complexity index is 1040. The maximum Gasteiger partial charge on any atom is 0.191 e. The minimum Gasteiger partial charge on any atom is -0.496 e. The molecule has 0 saturated carbocycles. The molecule has 6 nitrogen and oxygen atoms in total. The Morgan fingerprint density at radius 1 is 1.29 bits per heavy atom. The zero-order chi connectivity index (χ0) is 21.1. The van der Waals surface area contributed by atoms with E-state index >= 15 is 0 Å². The van der Waals surface area contributed by atoms with Crippen molar-refractivity contribution < 1.29 is 14.6 Å². The van der Waals surface area contributed by atoms with E-state index in [0.29, 0.717) is 19.0 Å². The normalized spacial score (nSPS) is 16.3. The number of halogens is 1. The van der Waals surface area contributed by atoms with Crippen molar-refractivity contribution in [3.05, 3.63) is 58.5 Å². The van der Waals surface area contributed by atoms with Gasteiger partial charge in [0, 0.05) is 47.3 Å². The highest BCUT2D eigenvalue weighted by Crippen LogP contribution is 2.35. The summed E-state index contributed by atoms with van der Waals surface area (Å²) < 4.78 is 12.6. The Morgan fingerprint density at radius 3 is 2.84 bits per heavy atom. The summed E-state index contributed by atoms with van der Waals surface area (Å²) >= 11 is 1.61.